The quantitative estimate of drug-likeness (QED) is 0.719. The number of rotatable bonds is 8. The molecule has 0 aliphatic rings. The second-order valence-electron chi connectivity index (χ2n) is 4.55. The van der Waals surface area contributed by atoms with Crippen molar-refractivity contribution < 1.29 is 9.18 Å². The zero-order valence-electron chi connectivity index (χ0n) is 12.5. The van der Waals surface area contributed by atoms with Crippen molar-refractivity contribution in [2.24, 2.45) is 0 Å². The Morgan fingerprint density at radius 1 is 1.30 bits per heavy atom. The van der Waals surface area contributed by atoms with Crippen molar-refractivity contribution >= 4 is 11.6 Å². The molecular formula is C15H24FN3O. The summed E-state index contributed by atoms with van der Waals surface area (Å²) in [6.45, 7) is 7.81. The van der Waals surface area contributed by atoms with Crippen molar-refractivity contribution in [3.63, 3.8) is 0 Å². The van der Waals surface area contributed by atoms with Crippen LogP contribution in [-0.4, -0.2) is 44.0 Å². The van der Waals surface area contributed by atoms with Gasteiger partial charge in [-0.3, -0.25) is 4.79 Å². The van der Waals surface area contributed by atoms with E-state index >= 15 is 0 Å². The Kier molecular flexibility index (Phi) is 7.01. The third kappa shape index (κ3) is 4.49. The summed E-state index contributed by atoms with van der Waals surface area (Å²) in [6.07, 6.45) is 0.887. The molecule has 0 heterocycles. The summed E-state index contributed by atoms with van der Waals surface area (Å²) < 4.78 is 13.5. The number of para-hydroxylation sites is 1. The number of hydrogen-bond acceptors (Lipinski definition) is 3. The van der Waals surface area contributed by atoms with Crippen LogP contribution in [0, 0.1) is 5.82 Å². The Morgan fingerprint density at radius 3 is 2.60 bits per heavy atom. The SMILES string of the molecule is CCN(CC)CCCNC(=O)c1cccc(F)c1NC. The summed E-state index contributed by atoms with van der Waals surface area (Å²) in [5, 5.41) is 5.56. The molecule has 0 bridgehead atoms. The minimum atomic E-state index is -0.414. The number of carbonyl (C=O) groups excluding carboxylic acids is 1. The molecule has 0 aliphatic heterocycles. The molecule has 2 N–H and O–H groups in total. The zero-order chi connectivity index (χ0) is 15.0. The highest BCUT2D eigenvalue weighted by molar-refractivity contribution is 5.99. The van der Waals surface area contributed by atoms with Gasteiger partial charge in [-0.05, 0) is 38.2 Å². The van der Waals surface area contributed by atoms with Gasteiger partial charge in [-0.15, -0.1) is 0 Å². The smallest absolute Gasteiger partial charge is 0.253 e. The van der Waals surface area contributed by atoms with Gasteiger partial charge in [0.05, 0.1) is 11.3 Å². The van der Waals surface area contributed by atoms with Gasteiger partial charge in [0.1, 0.15) is 5.82 Å². The Morgan fingerprint density at radius 2 is 2.00 bits per heavy atom. The van der Waals surface area contributed by atoms with E-state index in [2.05, 4.69) is 29.4 Å². The Hall–Kier alpha value is -1.62. The van der Waals surface area contributed by atoms with Crippen molar-refractivity contribution in [1.82, 2.24) is 10.2 Å². The van der Waals surface area contributed by atoms with E-state index in [1.54, 1.807) is 19.2 Å². The van der Waals surface area contributed by atoms with Gasteiger partial charge in [0.2, 0.25) is 0 Å². The first-order valence-corrected chi connectivity index (χ1v) is 7.10. The summed E-state index contributed by atoms with van der Waals surface area (Å²) in [5.74, 6) is -0.656. The van der Waals surface area contributed by atoms with Crippen LogP contribution in [0.4, 0.5) is 10.1 Å². The largest absolute Gasteiger partial charge is 0.385 e. The van der Waals surface area contributed by atoms with Gasteiger partial charge in [0, 0.05) is 13.6 Å². The van der Waals surface area contributed by atoms with Gasteiger partial charge in [-0.2, -0.15) is 0 Å². The second-order valence-corrected chi connectivity index (χ2v) is 4.55. The van der Waals surface area contributed by atoms with Crippen LogP contribution in [0.1, 0.15) is 30.6 Å². The lowest BCUT2D eigenvalue weighted by Crippen LogP contribution is -2.30. The maximum atomic E-state index is 13.5. The molecule has 0 saturated heterocycles. The van der Waals surface area contributed by atoms with E-state index in [1.165, 1.54) is 6.07 Å². The highest BCUT2D eigenvalue weighted by Gasteiger charge is 2.13. The van der Waals surface area contributed by atoms with Crippen molar-refractivity contribution in [2.75, 3.05) is 38.5 Å². The van der Waals surface area contributed by atoms with Gasteiger partial charge < -0.3 is 15.5 Å². The molecule has 1 rings (SSSR count). The van der Waals surface area contributed by atoms with E-state index in [9.17, 15) is 9.18 Å². The van der Waals surface area contributed by atoms with E-state index in [0.29, 0.717) is 12.1 Å². The van der Waals surface area contributed by atoms with Crippen LogP contribution in [0.15, 0.2) is 18.2 Å². The molecule has 1 amide bonds. The molecule has 0 saturated carbocycles. The summed E-state index contributed by atoms with van der Waals surface area (Å²) in [7, 11) is 1.61. The minimum Gasteiger partial charge on any atom is -0.385 e. The molecular weight excluding hydrogens is 257 g/mol. The number of anilines is 1. The van der Waals surface area contributed by atoms with E-state index < -0.39 is 5.82 Å². The average molecular weight is 281 g/mol. The topological polar surface area (TPSA) is 44.4 Å². The van der Waals surface area contributed by atoms with Gasteiger partial charge in [0.25, 0.3) is 5.91 Å². The maximum Gasteiger partial charge on any atom is 0.253 e. The van der Waals surface area contributed by atoms with Crippen molar-refractivity contribution in [3.8, 4) is 0 Å². The van der Waals surface area contributed by atoms with E-state index in [-0.39, 0.29) is 11.6 Å². The molecule has 4 nitrogen and oxygen atoms in total. The summed E-state index contributed by atoms with van der Waals surface area (Å²) in [5.41, 5.74) is 0.587. The van der Waals surface area contributed by atoms with Crippen LogP contribution in [0.25, 0.3) is 0 Å². The Labute approximate surface area is 120 Å². The average Bonchev–Trinajstić information content (AvgIpc) is 2.47. The lowest BCUT2D eigenvalue weighted by molar-refractivity contribution is 0.0952. The predicted molar refractivity (Wildman–Crippen MR) is 80.7 cm³/mol. The first kappa shape index (κ1) is 16.4. The predicted octanol–water partition coefficient (Wildman–Crippen LogP) is 2.33. The molecule has 0 unspecified atom stereocenters. The molecule has 5 heteroatoms. The molecule has 0 aromatic heterocycles. The molecule has 0 spiro atoms. The second kappa shape index (κ2) is 8.53. The highest BCUT2D eigenvalue weighted by Crippen LogP contribution is 2.18. The van der Waals surface area contributed by atoms with E-state index in [4.69, 9.17) is 0 Å². The maximum absolute atomic E-state index is 13.5. The van der Waals surface area contributed by atoms with Crippen LogP contribution in [0.3, 0.4) is 0 Å². The first-order chi connectivity index (χ1) is 9.63. The standard InChI is InChI=1S/C15H24FN3O/c1-4-19(5-2)11-7-10-18-15(20)12-8-6-9-13(16)14(12)17-3/h6,8-9,17H,4-5,7,10-11H2,1-3H3,(H,18,20). The molecule has 112 valence electrons. The van der Waals surface area contributed by atoms with E-state index in [0.717, 1.165) is 26.1 Å². The molecule has 0 fully saturated rings. The first-order valence-electron chi connectivity index (χ1n) is 7.10. The normalized spacial score (nSPS) is 10.7. The fourth-order valence-corrected chi connectivity index (χ4v) is 2.11. The molecule has 0 radical (unpaired) electrons. The van der Waals surface area contributed by atoms with Crippen molar-refractivity contribution in [3.05, 3.63) is 29.6 Å². The lowest BCUT2D eigenvalue weighted by atomic mass is 10.1. The number of nitrogens with one attached hydrogen (secondary N) is 2. The lowest BCUT2D eigenvalue weighted by Gasteiger charge is -2.17. The molecule has 1 aromatic carbocycles. The number of halogens is 1. The highest BCUT2D eigenvalue weighted by atomic mass is 19.1. The van der Waals surface area contributed by atoms with Crippen LogP contribution < -0.4 is 10.6 Å². The zero-order valence-corrected chi connectivity index (χ0v) is 12.5. The Bertz CT molecular complexity index is 433. The van der Waals surface area contributed by atoms with Crippen LogP contribution >= 0.6 is 0 Å². The minimum absolute atomic E-state index is 0.242. The van der Waals surface area contributed by atoms with Gasteiger partial charge in [0.15, 0.2) is 0 Å². The molecule has 20 heavy (non-hydrogen) atoms. The van der Waals surface area contributed by atoms with Crippen LogP contribution in [0.2, 0.25) is 0 Å². The number of amides is 1. The van der Waals surface area contributed by atoms with Gasteiger partial charge in [-0.1, -0.05) is 19.9 Å². The fraction of sp³-hybridized carbons (Fsp3) is 0.533. The summed E-state index contributed by atoms with van der Waals surface area (Å²) in [4.78, 5) is 14.3. The summed E-state index contributed by atoms with van der Waals surface area (Å²) in [6, 6.07) is 4.50. The van der Waals surface area contributed by atoms with Crippen molar-refractivity contribution in [1.29, 1.82) is 0 Å². The Balaban J connectivity index is 2.49. The third-order valence-electron chi connectivity index (χ3n) is 3.34. The van der Waals surface area contributed by atoms with Crippen LogP contribution in [0.5, 0.6) is 0 Å². The molecule has 0 atom stereocenters. The monoisotopic (exact) mass is 281 g/mol. The fourth-order valence-electron chi connectivity index (χ4n) is 2.11. The number of carbonyl (C=O) groups is 1. The molecule has 0 aliphatic carbocycles. The summed E-state index contributed by atoms with van der Waals surface area (Å²) >= 11 is 0. The number of nitrogens with zero attached hydrogens (tertiary/aromatic N) is 1. The number of hydrogen-bond donors (Lipinski definition) is 2. The number of benzene rings is 1. The molecule has 1 aromatic rings. The van der Waals surface area contributed by atoms with Gasteiger partial charge in [-0.25, -0.2) is 4.39 Å². The van der Waals surface area contributed by atoms with E-state index in [1.807, 2.05) is 0 Å². The third-order valence-corrected chi connectivity index (χ3v) is 3.34. The van der Waals surface area contributed by atoms with Crippen LogP contribution in [-0.2, 0) is 0 Å². The van der Waals surface area contributed by atoms with Crippen molar-refractivity contribution in [2.45, 2.75) is 20.3 Å². The van der Waals surface area contributed by atoms with Gasteiger partial charge >= 0.3 is 0 Å².